The fourth-order valence-electron chi connectivity index (χ4n) is 2.90. The second kappa shape index (κ2) is 7.66. The van der Waals surface area contributed by atoms with Crippen molar-refractivity contribution in [1.29, 1.82) is 0 Å². The largest absolute Gasteiger partial charge is 0.339 e. The topological polar surface area (TPSA) is 40.6 Å². The Hall–Kier alpha value is -2.40. The van der Waals surface area contributed by atoms with Crippen LogP contribution in [-0.4, -0.2) is 47.8 Å². The highest BCUT2D eigenvalue weighted by Gasteiger charge is 2.26. The van der Waals surface area contributed by atoms with E-state index in [9.17, 15) is 14.0 Å². The normalized spacial score (nSPS) is 14.5. The van der Waals surface area contributed by atoms with Crippen LogP contribution in [0.15, 0.2) is 48.5 Å². The van der Waals surface area contributed by atoms with Crippen molar-refractivity contribution in [2.24, 2.45) is 0 Å². The summed E-state index contributed by atoms with van der Waals surface area (Å²) in [5, 5.41) is 0.602. The van der Waals surface area contributed by atoms with Crippen molar-refractivity contribution in [1.82, 2.24) is 9.80 Å². The zero-order chi connectivity index (χ0) is 17.8. The zero-order valence-electron chi connectivity index (χ0n) is 13.6. The van der Waals surface area contributed by atoms with E-state index in [4.69, 9.17) is 11.6 Å². The maximum atomic E-state index is 13.8. The molecule has 1 fully saturated rings. The van der Waals surface area contributed by atoms with E-state index in [0.29, 0.717) is 31.2 Å². The van der Waals surface area contributed by atoms with E-state index >= 15 is 0 Å². The van der Waals surface area contributed by atoms with E-state index in [2.05, 4.69) is 0 Å². The van der Waals surface area contributed by atoms with E-state index in [1.165, 1.54) is 12.1 Å². The number of nitrogens with zero attached hydrogens (tertiary/aromatic N) is 2. The lowest BCUT2D eigenvalue weighted by molar-refractivity contribution is -0.131. The molecule has 0 radical (unpaired) electrons. The van der Waals surface area contributed by atoms with Gasteiger partial charge in [0.2, 0.25) is 5.91 Å². The van der Waals surface area contributed by atoms with Crippen molar-refractivity contribution in [2.45, 2.75) is 6.42 Å². The van der Waals surface area contributed by atoms with Gasteiger partial charge in [-0.15, -0.1) is 0 Å². The van der Waals surface area contributed by atoms with Crippen LogP contribution in [0.1, 0.15) is 15.9 Å². The van der Waals surface area contributed by atoms with Crippen LogP contribution in [0.2, 0.25) is 5.02 Å². The smallest absolute Gasteiger partial charge is 0.256 e. The number of hydrogen-bond donors (Lipinski definition) is 0. The minimum Gasteiger partial charge on any atom is -0.339 e. The minimum atomic E-state index is -0.521. The average molecular weight is 361 g/mol. The molecule has 0 spiro atoms. The van der Waals surface area contributed by atoms with E-state index in [0.717, 1.165) is 5.56 Å². The summed E-state index contributed by atoms with van der Waals surface area (Å²) in [6.45, 7) is 1.68. The number of halogens is 2. The molecule has 0 saturated carbocycles. The first-order valence-electron chi connectivity index (χ1n) is 8.10. The number of hydrogen-bond acceptors (Lipinski definition) is 2. The van der Waals surface area contributed by atoms with Crippen molar-refractivity contribution in [3.05, 3.63) is 70.5 Å². The Labute approximate surface area is 150 Å². The summed E-state index contributed by atoms with van der Waals surface area (Å²) >= 11 is 5.94. The molecule has 0 aromatic heterocycles. The average Bonchev–Trinajstić information content (AvgIpc) is 2.62. The second-order valence-corrected chi connectivity index (χ2v) is 6.40. The van der Waals surface area contributed by atoms with Gasteiger partial charge in [0.05, 0.1) is 12.0 Å². The molecule has 1 saturated heterocycles. The van der Waals surface area contributed by atoms with Crippen LogP contribution in [0, 0.1) is 5.82 Å². The van der Waals surface area contributed by atoms with Crippen LogP contribution in [0.3, 0.4) is 0 Å². The summed E-state index contributed by atoms with van der Waals surface area (Å²) in [6, 6.07) is 13.2. The number of piperazine rings is 1. The van der Waals surface area contributed by atoms with Gasteiger partial charge in [-0.1, -0.05) is 35.9 Å². The van der Waals surface area contributed by atoms with E-state index < -0.39 is 5.82 Å². The molecule has 0 aliphatic carbocycles. The SMILES string of the molecule is O=C(Cc1cccc(Cl)c1)N1CCN(C(=O)c2ccccc2F)CC1. The lowest BCUT2D eigenvalue weighted by atomic mass is 10.1. The van der Waals surface area contributed by atoms with Crippen LogP contribution in [0.25, 0.3) is 0 Å². The van der Waals surface area contributed by atoms with Crippen LogP contribution in [0.4, 0.5) is 4.39 Å². The Morgan fingerprint density at radius 2 is 1.64 bits per heavy atom. The van der Waals surface area contributed by atoms with Crippen molar-refractivity contribution in [3.63, 3.8) is 0 Å². The molecular formula is C19H18ClFN2O2. The van der Waals surface area contributed by atoms with Crippen molar-refractivity contribution in [3.8, 4) is 0 Å². The second-order valence-electron chi connectivity index (χ2n) is 5.96. The Morgan fingerprint density at radius 3 is 2.32 bits per heavy atom. The van der Waals surface area contributed by atoms with Crippen LogP contribution < -0.4 is 0 Å². The van der Waals surface area contributed by atoms with Crippen molar-refractivity contribution in [2.75, 3.05) is 26.2 Å². The van der Waals surface area contributed by atoms with Gasteiger partial charge in [-0.2, -0.15) is 0 Å². The molecule has 1 aliphatic heterocycles. The molecule has 0 atom stereocenters. The third kappa shape index (κ3) is 4.17. The molecule has 2 aromatic rings. The monoisotopic (exact) mass is 360 g/mol. The molecule has 1 aliphatic rings. The molecule has 1 heterocycles. The number of amides is 2. The highest BCUT2D eigenvalue weighted by atomic mass is 35.5. The van der Waals surface area contributed by atoms with Crippen molar-refractivity contribution < 1.29 is 14.0 Å². The predicted molar refractivity (Wildman–Crippen MR) is 94.0 cm³/mol. The molecule has 3 rings (SSSR count). The maximum absolute atomic E-state index is 13.8. The van der Waals surface area contributed by atoms with Gasteiger partial charge in [0.25, 0.3) is 5.91 Å². The van der Waals surface area contributed by atoms with Crippen LogP contribution >= 0.6 is 11.6 Å². The lowest BCUT2D eigenvalue weighted by Gasteiger charge is -2.35. The first-order chi connectivity index (χ1) is 12.0. The molecule has 25 heavy (non-hydrogen) atoms. The summed E-state index contributed by atoms with van der Waals surface area (Å²) < 4.78 is 13.8. The van der Waals surface area contributed by atoms with Gasteiger partial charge >= 0.3 is 0 Å². The molecule has 4 nitrogen and oxygen atoms in total. The minimum absolute atomic E-state index is 0.000238. The molecule has 0 bridgehead atoms. The number of rotatable bonds is 3. The van der Waals surface area contributed by atoms with E-state index in [-0.39, 0.29) is 23.8 Å². The number of carbonyl (C=O) groups is 2. The standard InChI is InChI=1S/C19H18ClFN2O2/c20-15-5-3-4-14(12-15)13-18(24)22-8-10-23(11-9-22)19(25)16-6-1-2-7-17(16)21/h1-7,12H,8-11,13H2. The van der Waals surface area contributed by atoms with Crippen LogP contribution in [0.5, 0.6) is 0 Å². The van der Waals surface area contributed by atoms with Gasteiger partial charge in [-0.25, -0.2) is 4.39 Å². The van der Waals surface area contributed by atoms with Gasteiger partial charge in [0, 0.05) is 31.2 Å². The number of carbonyl (C=O) groups excluding carboxylic acids is 2. The summed E-state index contributed by atoms with van der Waals surface area (Å²) in [6.07, 6.45) is 0.280. The Balaban J connectivity index is 1.57. The highest BCUT2D eigenvalue weighted by molar-refractivity contribution is 6.30. The van der Waals surface area contributed by atoms with E-state index in [1.54, 1.807) is 34.1 Å². The fraction of sp³-hybridized carbons (Fsp3) is 0.263. The van der Waals surface area contributed by atoms with Gasteiger partial charge in [0.1, 0.15) is 5.82 Å². The third-order valence-corrected chi connectivity index (χ3v) is 4.50. The van der Waals surface area contributed by atoms with Gasteiger partial charge in [0.15, 0.2) is 0 Å². The fourth-order valence-corrected chi connectivity index (χ4v) is 3.11. The Morgan fingerprint density at radius 1 is 0.960 bits per heavy atom. The summed E-state index contributed by atoms with van der Waals surface area (Å²) in [7, 11) is 0. The molecule has 2 amide bonds. The quantitative estimate of drug-likeness (QED) is 0.844. The first kappa shape index (κ1) is 17.4. The summed E-state index contributed by atoms with van der Waals surface area (Å²) in [5.41, 5.74) is 0.934. The number of benzene rings is 2. The van der Waals surface area contributed by atoms with Gasteiger partial charge < -0.3 is 9.80 Å². The highest BCUT2D eigenvalue weighted by Crippen LogP contribution is 2.15. The first-order valence-corrected chi connectivity index (χ1v) is 8.48. The molecule has 6 heteroatoms. The molecule has 0 N–H and O–H groups in total. The summed E-state index contributed by atoms with van der Waals surface area (Å²) in [5.74, 6) is -0.854. The Kier molecular flexibility index (Phi) is 5.34. The Bertz CT molecular complexity index is 788. The third-order valence-electron chi connectivity index (χ3n) is 4.27. The van der Waals surface area contributed by atoms with Crippen LogP contribution in [-0.2, 0) is 11.2 Å². The molecule has 0 unspecified atom stereocenters. The van der Waals surface area contributed by atoms with E-state index in [1.807, 2.05) is 12.1 Å². The maximum Gasteiger partial charge on any atom is 0.256 e. The molecule has 2 aromatic carbocycles. The predicted octanol–water partition coefficient (Wildman–Crippen LogP) is 3.01. The van der Waals surface area contributed by atoms with Gasteiger partial charge in [-0.05, 0) is 29.8 Å². The summed E-state index contributed by atoms with van der Waals surface area (Å²) in [4.78, 5) is 28.1. The van der Waals surface area contributed by atoms with Gasteiger partial charge in [-0.3, -0.25) is 9.59 Å². The van der Waals surface area contributed by atoms with Crippen molar-refractivity contribution >= 4 is 23.4 Å². The lowest BCUT2D eigenvalue weighted by Crippen LogP contribution is -2.51. The molecule has 130 valence electrons. The zero-order valence-corrected chi connectivity index (χ0v) is 14.4. The molecular weight excluding hydrogens is 343 g/mol.